The Hall–Kier alpha value is -4.31. The number of fused-ring (bicyclic) bond motifs is 1. The molecule has 0 bridgehead atoms. The van der Waals surface area contributed by atoms with Gasteiger partial charge in [-0.05, 0) is 67.5 Å². The van der Waals surface area contributed by atoms with E-state index in [4.69, 9.17) is 12.2 Å². The first kappa shape index (κ1) is 21.9. The minimum absolute atomic E-state index is 0.0679. The lowest BCUT2D eigenvalue weighted by molar-refractivity contribution is -0.384. The molecule has 4 N–H and O–H groups in total. The first-order valence-corrected chi connectivity index (χ1v) is 10.4. The standard InChI is InChI=1S/C23H20N6O3S/c1-13-10-19-20(11-14(13)2)26-21(25-19)15-6-8-16(9-7-15)22(30)27-28-23(33)24-17-4-3-5-18(12-17)29(31)32/h3-12H,1-2H3,(H,25,26)(H,27,30)(H2,24,28,33). The predicted molar refractivity (Wildman–Crippen MR) is 131 cm³/mol. The quantitative estimate of drug-likeness (QED) is 0.202. The molecule has 4 aromatic rings. The van der Waals surface area contributed by atoms with Gasteiger partial charge in [-0.1, -0.05) is 18.2 Å². The summed E-state index contributed by atoms with van der Waals surface area (Å²) >= 11 is 5.13. The highest BCUT2D eigenvalue weighted by Gasteiger charge is 2.11. The molecule has 3 aromatic carbocycles. The van der Waals surface area contributed by atoms with Gasteiger partial charge in [0, 0.05) is 28.9 Å². The number of aromatic amines is 1. The van der Waals surface area contributed by atoms with Gasteiger partial charge in [-0.25, -0.2) is 4.98 Å². The Kier molecular flexibility index (Phi) is 6.01. The monoisotopic (exact) mass is 460 g/mol. The first-order chi connectivity index (χ1) is 15.8. The Bertz CT molecular complexity index is 1340. The molecule has 166 valence electrons. The average Bonchev–Trinajstić information content (AvgIpc) is 3.20. The number of nitrogens with zero attached hydrogens (tertiary/aromatic N) is 2. The number of imidazole rings is 1. The van der Waals surface area contributed by atoms with Crippen molar-refractivity contribution in [2.45, 2.75) is 13.8 Å². The summed E-state index contributed by atoms with van der Waals surface area (Å²) in [6.45, 7) is 4.11. The molecule has 1 heterocycles. The number of carbonyl (C=O) groups is 1. The summed E-state index contributed by atoms with van der Waals surface area (Å²) in [6, 6.07) is 17.0. The van der Waals surface area contributed by atoms with Crippen LogP contribution in [0, 0.1) is 24.0 Å². The van der Waals surface area contributed by atoms with Crippen LogP contribution in [0.4, 0.5) is 11.4 Å². The van der Waals surface area contributed by atoms with Crippen LogP contribution in [-0.2, 0) is 0 Å². The molecule has 0 saturated heterocycles. The number of anilines is 1. The SMILES string of the molecule is Cc1cc2nc(-c3ccc(C(=O)NNC(=S)Nc4cccc([N+](=O)[O-])c4)cc3)[nH]c2cc1C. The number of hydrazine groups is 1. The van der Waals surface area contributed by atoms with Crippen LogP contribution in [0.3, 0.4) is 0 Å². The zero-order valence-electron chi connectivity index (χ0n) is 17.8. The number of thiocarbonyl (C=S) groups is 1. The zero-order valence-corrected chi connectivity index (χ0v) is 18.6. The summed E-state index contributed by atoms with van der Waals surface area (Å²) in [7, 11) is 0. The molecular formula is C23H20N6O3S. The van der Waals surface area contributed by atoms with E-state index < -0.39 is 4.92 Å². The maximum Gasteiger partial charge on any atom is 0.271 e. The van der Waals surface area contributed by atoms with Crippen molar-refractivity contribution in [3.05, 3.63) is 87.5 Å². The molecule has 0 aliphatic rings. The van der Waals surface area contributed by atoms with Crippen LogP contribution < -0.4 is 16.2 Å². The molecule has 0 spiro atoms. The topological polar surface area (TPSA) is 125 Å². The first-order valence-electron chi connectivity index (χ1n) is 9.99. The fourth-order valence-electron chi connectivity index (χ4n) is 3.23. The summed E-state index contributed by atoms with van der Waals surface area (Å²) in [5, 5.41) is 13.7. The average molecular weight is 461 g/mol. The van der Waals surface area contributed by atoms with Crippen molar-refractivity contribution in [2.24, 2.45) is 0 Å². The van der Waals surface area contributed by atoms with Gasteiger partial charge in [0.2, 0.25) is 0 Å². The summed E-state index contributed by atoms with van der Waals surface area (Å²) in [5.41, 5.74) is 10.9. The second-order valence-corrected chi connectivity index (χ2v) is 7.87. The highest BCUT2D eigenvalue weighted by Crippen LogP contribution is 2.23. The molecule has 1 aromatic heterocycles. The lowest BCUT2D eigenvalue weighted by Crippen LogP contribution is -2.43. The van der Waals surface area contributed by atoms with E-state index in [-0.39, 0.29) is 16.7 Å². The summed E-state index contributed by atoms with van der Waals surface area (Å²) < 4.78 is 0. The van der Waals surface area contributed by atoms with E-state index >= 15 is 0 Å². The van der Waals surface area contributed by atoms with Crippen LogP contribution in [0.25, 0.3) is 22.4 Å². The second-order valence-electron chi connectivity index (χ2n) is 7.46. The summed E-state index contributed by atoms with van der Waals surface area (Å²) in [5.74, 6) is 0.336. The maximum absolute atomic E-state index is 12.4. The molecule has 0 aliphatic carbocycles. The molecule has 0 radical (unpaired) electrons. The van der Waals surface area contributed by atoms with Crippen molar-refractivity contribution in [3.63, 3.8) is 0 Å². The van der Waals surface area contributed by atoms with Crippen LogP contribution in [0.2, 0.25) is 0 Å². The fraction of sp³-hybridized carbons (Fsp3) is 0.0870. The number of H-pyrrole nitrogens is 1. The highest BCUT2D eigenvalue weighted by molar-refractivity contribution is 7.80. The van der Waals surface area contributed by atoms with Gasteiger partial charge in [0.05, 0.1) is 16.0 Å². The maximum atomic E-state index is 12.4. The Morgan fingerprint density at radius 3 is 2.48 bits per heavy atom. The van der Waals surface area contributed by atoms with Gasteiger partial charge in [0.15, 0.2) is 5.11 Å². The van der Waals surface area contributed by atoms with E-state index in [0.29, 0.717) is 11.3 Å². The van der Waals surface area contributed by atoms with Crippen LogP contribution in [-0.4, -0.2) is 25.9 Å². The third-order valence-corrected chi connectivity index (χ3v) is 5.33. The number of hydrogen-bond donors (Lipinski definition) is 4. The van der Waals surface area contributed by atoms with Gasteiger partial charge >= 0.3 is 0 Å². The lowest BCUT2D eigenvalue weighted by atomic mass is 10.1. The normalized spacial score (nSPS) is 10.6. The van der Waals surface area contributed by atoms with Gasteiger partial charge in [0.25, 0.3) is 11.6 Å². The zero-order chi connectivity index (χ0) is 23.5. The van der Waals surface area contributed by atoms with Crippen molar-refractivity contribution in [1.82, 2.24) is 20.8 Å². The second kappa shape index (κ2) is 9.05. The van der Waals surface area contributed by atoms with Crippen molar-refractivity contribution in [3.8, 4) is 11.4 Å². The molecule has 0 fully saturated rings. The third-order valence-electron chi connectivity index (χ3n) is 5.12. The number of non-ortho nitro benzene ring substituents is 1. The van der Waals surface area contributed by atoms with Gasteiger partial charge in [-0.15, -0.1) is 0 Å². The number of benzene rings is 3. The van der Waals surface area contributed by atoms with Crippen molar-refractivity contribution in [2.75, 3.05) is 5.32 Å². The number of rotatable bonds is 4. The van der Waals surface area contributed by atoms with E-state index in [0.717, 1.165) is 22.4 Å². The Morgan fingerprint density at radius 1 is 1.03 bits per heavy atom. The van der Waals surface area contributed by atoms with Crippen LogP contribution in [0.1, 0.15) is 21.5 Å². The van der Waals surface area contributed by atoms with E-state index in [1.165, 1.54) is 29.3 Å². The number of aromatic nitrogens is 2. The molecule has 0 saturated carbocycles. The molecule has 0 atom stereocenters. The predicted octanol–water partition coefficient (Wildman–Crippen LogP) is 4.39. The summed E-state index contributed by atoms with van der Waals surface area (Å²) in [6.07, 6.45) is 0. The van der Waals surface area contributed by atoms with Crippen LogP contribution >= 0.6 is 12.2 Å². The molecule has 10 heteroatoms. The van der Waals surface area contributed by atoms with Crippen molar-refractivity contribution >= 4 is 45.6 Å². The summed E-state index contributed by atoms with van der Waals surface area (Å²) in [4.78, 5) is 30.8. The van der Waals surface area contributed by atoms with E-state index in [9.17, 15) is 14.9 Å². The smallest absolute Gasteiger partial charge is 0.271 e. The Labute approximate surface area is 194 Å². The molecule has 1 amide bonds. The van der Waals surface area contributed by atoms with E-state index in [1.54, 1.807) is 18.2 Å². The largest absolute Gasteiger partial charge is 0.338 e. The van der Waals surface area contributed by atoms with Crippen molar-refractivity contribution < 1.29 is 9.72 Å². The molecular weight excluding hydrogens is 440 g/mol. The van der Waals surface area contributed by atoms with E-state index in [2.05, 4.69) is 46.1 Å². The Morgan fingerprint density at radius 2 is 1.76 bits per heavy atom. The third kappa shape index (κ3) is 4.96. The Balaban J connectivity index is 1.38. The number of nitrogens with one attached hydrogen (secondary N) is 4. The molecule has 9 nitrogen and oxygen atoms in total. The number of aryl methyl sites for hydroxylation is 2. The fourth-order valence-corrected chi connectivity index (χ4v) is 3.40. The van der Waals surface area contributed by atoms with Gasteiger partial charge < -0.3 is 10.3 Å². The van der Waals surface area contributed by atoms with Gasteiger partial charge in [0.1, 0.15) is 5.82 Å². The highest BCUT2D eigenvalue weighted by atomic mass is 32.1. The van der Waals surface area contributed by atoms with Crippen LogP contribution in [0.15, 0.2) is 60.7 Å². The van der Waals surface area contributed by atoms with Crippen LogP contribution in [0.5, 0.6) is 0 Å². The molecule has 0 aliphatic heterocycles. The number of hydrogen-bond acceptors (Lipinski definition) is 5. The van der Waals surface area contributed by atoms with Gasteiger partial charge in [-0.2, -0.15) is 0 Å². The number of amides is 1. The minimum atomic E-state index is -0.499. The number of nitro benzene ring substituents is 1. The molecule has 0 unspecified atom stereocenters. The number of nitro groups is 1. The minimum Gasteiger partial charge on any atom is -0.338 e. The van der Waals surface area contributed by atoms with Crippen molar-refractivity contribution in [1.29, 1.82) is 0 Å². The van der Waals surface area contributed by atoms with E-state index in [1.807, 2.05) is 18.2 Å². The lowest BCUT2D eigenvalue weighted by Gasteiger charge is -2.11. The molecule has 33 heavy (non-hydrogen) atoms. The molecule has 4 rings (SSSR count). The number of carbonyl (C=O) groups excluding carboxylic acids is 1. The van der Waals surface area contributed by atoms with Gasteiger partial charge in [-0.3, -0.25) is 25.8 Å².